The number of anilines is 1. The number of ether oxygens (including phenoxy) is 2. The van der Waals surface area contributed by atoms with E-state index in [1.165, 1.54) is 9.80 Å². The second-order valence-electron chi connectivity index (χ2n) is 13.1. The molecular formula is C34H46Cl3F6N5O5. The molecule has 3 unspecified atom stereocenters. The zero-order chi connectivity index (χ0) is 36.2. The molecule has 3 aliphatic heterocycles. The number of nitrogens with zero attached hydrogens (tertiary/aromatic N) is 4. The summed E-state index contributed by atoms with van der Waals surface area (Å²) in [6.45, 7) is 6.54. The van der Waals surface area contributed by atoms with Crippen molar-refractivity contribution in [3.05, 3.63) is 64.2 Å². The van der Waals surface area contributed by atoms with Gasteiger partial charge in [-0.1, -0.05) is 12.1 Å². The van der Waals surface area contributed by atoms with Crippen molar-refractivity contribution in [2.45, 2.75) is 56.9 Å². The third kappa shape index (κ3) is 12.2. The number of rotatable bonds is 11. The minimum Gasteiger partial charge on any atom is -0.382 e. The number of hydrogen-bond acceptors (Lipinski definition) is 8. The van der Waals surface area contributed by atoms with Crippen LogP contribution in [0.5, 0.6) is 0 Å². The summed E-state index contributed by atoms with van der Waals surface area (Å²) >= 11 is 0. The fourth-order valence-electron chi connectivity index (χ4n) is 6.70. The monoisotopic (exact) mass is 823 g/mol. The van der Waals surface area contributed by atoms with Gasteiger partial charge in [0.2, 0.25) is 5.91 Å². The van der Waals surface area contributed by atoms with Crippen LogP contribution in [0.3, 0.4) is 0 Å². The van der Waals surface area contributed by atoms with Crippen LogP contribution in [0, 0.1) is 6.92 Å². The van der Waals surface area contributed by atoms with Crippen molar-refractivity contribution in [3.63, 3.8) is 0 Å². The van der Waals surface area contributed by atoms with Crippen molar-refractivity contribution in [1.29, 1.82) is 0 Å². The Morgan fingerprint density at radius 2 is 1.58 bits per heavy atom. The van der Waals surface area contributed by atoms with Gasteiger partial charge < -0.3 is 24.8 Å². The Hall–Kier alpha value is -2.57. The second-order valence-corrected chi connectivity index (χ2v) is 13.1. The number of amides is 2. The first kappa shape index (κ1) is 46.6. The summed E-state index contributed by atoms with van der Waals surface area (Å²) in [6, 6.07) is 5.96. The number of carbonyl (C=O) groups excluding carboxylic acids is 2. The SMILES string of the molecule is COCC1CN(CCN2CCN(C(=O)c3cc(C(F)(F)F)cc(C(F)(F)F)c3)C(Cc3ccc(C)c(NCN4C(=O)CCC4O)c3)C2)CCO1.Cl.Cl.Cl. The van der Waals surface area contributed by atoms with Crippen LogP contribution in [0.15, 0.2) is 36.4 Å². The van der Waals surface area contributed by atoms with Crippen LogP contribution < -0.4 is 5.32 Å². The molecule has 2 amide bonds. The Labute approximate surface area is 323 Å². The first-order valence-corrected chi connectivity index (χ1v) is 16.6. The Kier molecular flexibility index (Phi) is 17.4. The molecule has 53 heavy (non-hydrogen) atoms. The Morgan fingerprint density at radius 1 is 0.943 bits per heavy atom. The predicted molar refractivity (Wildman–Crippen MR) is 193 cm³/mol. The van der Waals surface area contributed by atoms with E-state index in [1.807, 2.05) is 25.1 Å². The molecule has 300 valence electrons. The quantitative estimate of drug-likeness (QED) is 0.294. The topological polar surface area (TPSA) is 97.8 Å². The normalized spacial score (nSPS) is 21.5. The molecule has 0 radical (unpaired) electrons. The largest absolute Gasteiger partial charge is 0.416 e. The van der Waals surface area contributed by atoms with E-state index in [1.54, 1.807) is 7.11 Å². The van der Waals surface area contributed by atoms with Gasteiger partial charge in [-0.15, -0.1) is 37.2 Å². The Balaban J connectivity index is 0.00000324. The van der Waals surface area contributed by atoms with Crippen molar-refractivity contribution < 1.29 is 50.5 Å². The number of hydrogen-bond donors (Lipinski definition) is 2. The minimum absolute atomic E-state index is 0. The fraction of sp³-hybridized carbons (Fsp3) is 0.588. The highest BCUT2D eigenvalue weighted by molar-refractivity contribution is 5.95. The molecule has 10 nitrogen and oxygen atoms in total. The standard InChI is InChI=1S/C34H43F6N5O5.3ClH/c1-22-3-4-23(14-29(22)41-21-45-30(46)5-6-31(45)47)13-27-18-42(7-8-43-11-12-50-28(19-43)20-49-2)9-10-44(27)32(48)24-15-25(33(35,36)37)17-26(16-24)34(38,39)40;;;/h3-4,14-17,27-28,30,41,46H,5-13,18-21H2,1-2H3;3*1H. The minimum atomic E-state index is -5.09. The van der Waals surface area contributed by atoms with Gasteiger partial charge >= 0.3 is 12.4 Å². The zero-order valence-corrected chi connectivity index (χ0v) is 31.7. The number of benzene rings is 2. The molecule has 2 N–H and O–H groups in total. The van der Waals surface area contributed by atoms with Gasteiger partial charge in [-0.25, -0.2) is 0 Å². The highest BCUT2D eigenvalue weighted by Gasteiger charge is 2.39. The van der Waals surface area contributed by atoms with Crippen molar-refractivity contribution >= 4 is 54.7 Å². The molecular weight excluding hydrogens is 779 g/mol. The van der Waals surface area contributed by atoms with Crippen molar-refractivity contribution in [3.8, 4) is 0 Å². The number of methoxy groups -OCH3 is 1. The van der Waals surface area contributed by atoms with Gasteiger partial charge in [0.1, 0.15) is 6.23 Å². The van der Waals surface area contributed by atoms with Crippen LogP contribution in [-0.4, -0.2) is 128 Å². The molecule has 3 saturated heterocycles. The second kappa shape index (κ2) is 19.8. The smallest absolute Gasteiger partial charge is 0.382 e. The molecule has 3 heterocycles. The van der Waals surface area contributed by atoms with Gasteiger partial charge in [-0.3, -0.25) is 24.3 Å². The van der Waals surface area contributed by atoms with Crippen LogP contribution in [0.2, 0.25) is 0 Å². The summed E-state index contributed by atoms with van der Waals surface area (Å²) in [6.07, 6.45) is -10.3. The predicted octanol–water partition coefficient (Wildman–Crippen LogP) is 5.32. The van der Waals surface area contributed by atoms with Crippen molar-refractivity contribution in [2.75, 3.05) is 78.1 Å². The van der Waals surface area contributed by atoms with E-state index in [0.29, 0.717) is 70.2 Å². The van der Waals surface area contributed by atoms with E-state index in [-0.39, 0.29) is 81.4 Å². The van der Waals surface area contributed by atoms with Crippen molar-refractivity contribution in [1.82, 2.24) is 19.6 Å². The summed E-state index contributed by atoms with van der Waals surface area (Å²) in [7, 11) is 1.61. The lowest BCUT2D eigenvalue weighted by Crippen LogP contribution is -2.57. The number of aliphatic hydroxyl groups is 1. The highest BCUT2D eigenvalue weighted by atomic mass is 35.5. The lowest BCUT2D eigenvalue weighted by molar-refractivity contribution is -0.143. The summed E-state index contributed by atoms with van der Waals surface area (Å²) in [5.74, 6) is -1.08. The average Bonchev–Trinajstić information content (AvgIpc) is 3.39. The number of carbonyl (C=O) groups is 2. The molecule has 5 rings (SSSR count). The number of nitrogens with one attached hydrogen (secondary N) is 1. The van der Waals surface area contributed by atoms with Gasteiger partial charge in [0.25, 0.3) is 5.91 Å². The van der Waals surface area contributed by atoms with E-state index in [9.17, 15) is 41.0 Å². The zero-order valence-electron chi connectivity index (χ0n) is 29.3. The van der Waals surface area contributed by atoms with Gasteiger partial charge in [0.15, 0.2) is 0 Å². The number of likely N-dealkylation sites (tertiary alicyclic amines) is 1. The molecule has 2 aromatic carbocycles. The Morgan fingerprint density at radius 3 is 2.17 bits per heavy atom. The third-order valence-electron chi connectivity index (χ3n) is 9.48. The van der Waals surface area contributed by atoms with Gasteiger partial charge in [-0.2, -0.15) is 26.3 Å². The van der Waals surface area contributed by atoms with Crippen LogP contribution in [0.4, 0.5) is 32.0 Å². The summed E-state index contributed by atoms with van der Waals surface area (Å²) < 4.78 is 93.0. The molecule has 0 saturated carbocycles. The first-order valence-electron chi connectivity index (χ1n) is 16.6. The molecule has 3 fully saturated rings. The number of aryl methyl sites for hydroxylation is 1. The van der Waals surface area contributed by atoms with Crippen LogP contribution >= 0.6 is 37.2 Å². The Bertz CT molecular complexity index is 1490. The van der Waals surface area contributed by atoms with E-state index in [2.05, 4.69) is 15.1 Å². The van der Waals surface area contributed by atoms with E-state index < -0.39 is 47.2 Å². The number of piperazine rings is 1. The van der Waals surface area contributed by atoms with E-state index in [4.69, 9.17) is 9.47 Å². The number of alkyl halides is 6. The summed E-state index contributed by atoms with van der Waals surface area (Å²) in [4.78, 5) is 33.1. The first-order chi connectivity index (χ1) is 23.6. The molecule has 0 spiro atoms. The van der Waals surface area contributed by atoms with E-state index in [0.717, 1.165) is 17.7 Å². The average molecular weight is 825 g/mol. The van der Waals surface area contributed by atoms with Crippen LogP contribution in [0.25, 0.3) is 0 Å². The highest BCUT2D eigenvalue weighted by Crippen LogP contribution is 2.37. The molecule has 0 bridgehead atoms. The molecule has 3 aliphatic rings. The molecule has 2 aromatic rings. The summed E-state index contributed by atoms with van der Waals surface area (Å²) in [5.41, 5.74) is -1.45. The fourth-order valence-corrected chi connectivity index (χ4v) is 6.70. The van der Waals surface area contributed by atoms with Crippen molar-refractivity contribution in [2.24, 2.45) is 0 Å². The van der Waals surface area contributed by atoms with Gasteiger partial charge in [0, 0.05) is 83.1 Å². The number of morpholine rings is 1. The van der Waals surface area contributed by atoms with Crippen LogP contribution in [-0.2, 0) is 33.0 Å². The molecule has 19 heteroatoms. The molecule has 0 aliphatic carbocycles. The van der Waals surface area contributed by atoms with Gasteiger partial charge in [-0.05, 0) is 48.7 Å². The van der Waals surface area contributed by atoms with Gasteiger partial charge in [0.05, 0.1) is 37.1 Å². The third-order valence-corrected chi connectivity index (χ3v) is 9.48. The lowest BCUT2D eigenvalue weighted by Gasteiger charge is -2.43. The van der Waals surface area contributed by atoms with Crippen LogP contribution in [0.1, 0.15) is 45.5 Å². The maximum Gasteiger partial charge on any atom is 0.416 e. The number of aliphatic hydroxyl groups excluding tert-OH is 1. The maximum absolute atomic E-state index is 13.9. The molecule has 0 aromatic heterocycles. The maximum atomic E-state index is 13.9. The summed E-state index contributed by atoms with van der Waals surface area (Å²) in [5, 5.41) is 13.3. The lowest BCUT2D eigenvalue weighted by atomic mass is 9.98. The number of halogens is 9. The van der Waals surface area contributed by atoms with E-state index >= 15 is 0 Å². The molecule has 3 atom stereocenters.